The summed E-state index contributed by atoms with van der Waals surface area (Å²) in [4.78, 5) is 10.6. The lowest BCUT2D eigenvalue weighted by atomic mass is 10.1. The van der Waals surface area contributed by atoms with Gasteiger partial charge < -0.3 is 10.4 Å². The highest BCUT2D eigenvalue weighted by molar-refractivity contribution is 5.56. The standard InChI is InChI=1S/C21H25FN6O/c1-13-6-14(2)8-17(7-13)24-21-23-9-19(22)20(25-21)28-11-16(15(3)26-28)10-27-5-4-18(29)12-27/h6-9,11,18,29H,4-5,10,12H2,1-3H3,(H,23,24,25)/t18-/m0/s1. The van der Waals surface area contributed by atoms with Gasteiger partial charge in [0.1, 0.15) is 0 Å². The smallest absolute Gasteiger partial charge is 0.229 e. The third-order valence-electron chi connectivity index (χ3n) is 5.06. The molecule has 8 heteroatoms. The molecular weight excluding hydrogens is 371 g/mol. The van der Waals surface area contributed by atoms with E-state index in [9.17, 15) is 9.50 Å². The molecule has 0 spiro atoms. The Morgan fingerprint density at radius 3 is 2.66 bits per heavy atom. The van der Waals surface area contributed by atoms with Gasteiger partial charge in [0.05, 0.1) is 18.0 Å². The van der Waals surface area contributed by atoms with Crippen LogP contribution in [0.5, 0.6) is 0 Å². The molecule has 1 fully saturated rings. The minimum atomic E-state index is -0.540. The maximum absolute atomic E-state index is 14.5. The van der Waals surface area contributed by atoms with Crippen molar-refractivity contribution in [2.45, 2.75) is 39.8 Å². The number of hydrogen-bond acceptors (Lipinski definition) is 6. The van der Waals surface area contributed by atoms with Gasteiger partial charge >= 0.3 is 0 Å². The van der Waals surface area contributed by atoms with Crippen LogP contribution in [0.1, 0.15) is 28.8 Å². The minimum Gasteiger partial charge on any atom is -0.392 e. The maximum atomic E-state index is 14.5. The first kappa shape index (κ1) is 19.5. The average Bonchev–Trinajstić information content (AvgIpc) is 3.22. The zero-order chi connectivity index (χ0) is 20.5. The van der Waals surface area contributed by atoms with Gasteiger partial charge in [0.2, 0.25) is 5.95 Å². The van der Waals surface area contributed by atoms with E-state index in [1.54, 1.807) is 6.20 Å². The molecule has 1 saturated heterocycles. The molecule has 1 atom stereocenters. The van der Waals surface area contributed by atoms with Crippen molar-refractivity contribution in [2.75, 3.05) is 18.4 Å². The van der Waals surface area contributed by atoms with Gasteiger partial charge in [0.25, 0.3) is 0 Å². The predicted molar refractivity (Wildman–Crippen MR) is 109 cm³/mol. The van der Waals surface area contributed by atoms with Gasteiger partial charge in [0.15, 0.2) is 11.6 Å². The fourth-order valence-electron chi connectivity index (χ4n) is 3.71. The topological polar surface area (TPSA) is 79.1 Å². The van der Waals surface area contributed by atoms with Gasteiger partial charge in [-0.05, 0) is 50.5 Å². The molecule has 7 nitrogen and oxygen atoms in total. The number of nitrogens with zero attached hydrogens (tertiary/aromatic N) is 5. The number of aliphatic hydroxyl groups is 1. The number of nitrogens with one attached hydrogen (secondary N) is 1. The van der Waals surface area contributed by atoms with E-state index in [0.717, 1.165) is 47.2 Å². The molecule has 0 aliphatic carbocycles. The number of rotatable bonds is 5. The number of β-amino-alcohol motifs (C(OH)–C–C–N with tert-alkyl or cyclic N) is 1. The van der Waals surface area contributed by atoms with Crippen LogP contribution in [0.3, 0.4) is 0 Å². The number of halogens is 1. The van der Waals surface area contributed by atoms with Crippen LogP contribution < -0.4 is 5.32 Å². The lowest BCUT2D eigenvalue weighted by molar-refractivity contribution is 0.174. The molecular formula is C21H25FN6O. The molecule has 3 aromatic rings. The van der Waals surface area contributed by atoms with E-state index in [2.05, 4.69) is 31.3 Å². The van der Waals surface area contributed by atoms with E-state index in [1.165, 1.54) is 4.68 Å². The first-order chi connectivity index (χ1) is 13.9. The summed E-state index contributed by atoms with van der Waals surface area (Å²) in [6.45, 7) is 8.09. The van der Waals surface area contributed by atoms with Crippen LogP contribution in [-0.2, 0) is 6.54 Å². The zero-order valence-electron chi connectivity index (χ0n) is 16.9. The second-order valence-electron chi connectivity index (χ2n) is 7.73. The summed E-state index contributed by atoms with van der Waals surface area (Å²) < 4.78 is 15.9. The largest absolute Gasteiger partial charge is 0.392 e. The summed E-state index contributed by atoms with van der Waals surface area (Å²) in [6, 6.07) is 6.05. The Bertz CT molecular complexity index is 1010. The Hall–Kier alpha value is -2.84. The lowest BCUT2D eigenvalue weighted by Gasteiger charge is -2.13. The quantitative estimate of drug-likeness (QED) is 0.690. The number of hydrogen-bond donors (Lipinski definition) is 2. The highest BCUT2D eigenvalue weighted by Gasteiger charge is 2.22. The van der Waals surface area contributed by atoms with Crippen molar-refractivity contribution in [3.8, 4) is 5.82 Å². The molecule has 152 valence electrons. The number of aromatic nitrogens is 4. The van der Waals surface area contributed by atoms with E-state index >= 15 is 0 Å². The summed E-state index contributed by atoms with van der Waals surface area (Å²) in [7, 11) is 0. The van der Waals surface area contributed by atoms with Crippen molar-refractivity contribution in [3.63, 3.8) is 0 Å². The van der Waals surface area contributed by atoms with Crippen LogP contribution >= 0.6 is 0 Å². The van der Waals surface area contributed by atoms with Crippen LogP contribution in [0.25, 0.3) is 5.82 Å². The molecule has 2 aromatic heterocycles. The van der Waals surface area contributed by atoms with E-state index in [1.807, 2.05) is 32.9 Å². The third kappa shape index (κ3) is 4.44. The first-order valence-electron chi connectivity index (χ1n) is 9.71. The number of aryl methyl sites for hydroxylation is 3. The Kier molecular flexibility index (Phi) is 5.29. The van der Waals surface area contributed by atoms with Crippen molar-refractivity contribution < 1.29 is 9.50 Å². The van der Waals surface area contributed by atoms with Crippen LogP contribution in [0, 0.1) is 26.6 Å². The predicted octanol–water partition coefficient (Wildman–Crippen LogP) is 3.04. The molecule has 0 amide bonds. The lowest BCUT2D eigenvalue weighted by Crippen LogP contribution is -2.21. The maximum Gasteiger partial charge on any atom is 0.229 e. The van der Waals surface area contributed by atoms with Gasteiger partial charge in [-0.3, -0.25) is 4.90 Å². The molecule has 2 N–H and O–H groups in total. The second-order valence-corrected chi connectivity index (χ2v) is 7.73. The van der Waals surface area contributed by atoms with Gasteiger partial charge in [-0.25, -0.2) is 14.1 Å². The molecule has 3 heterocycles. The highest BCUT2D eigenvalue weighted by Crippen LogP contribution is 2.21. The fourth-order valence-corrected chi connectivity index (χ4v) is 3.71. The molecule has 0 unspecified atom stereocenters. The fraction of sp³-hybridized carbons (Fsp3) is 0.381. The zero-order valence-corrected chi connectivity index (χ0v) is 16.9. The molecule has 0 radical (unpaired) electrons. The monoisotopic (exact) mass is 396 g/mol. The third-order valence-corrected chi connectivity index (χ3v) is 5.06. The Morgan fingerprint density at radius 1 is 1.21 bits per heavy atom. The average molecular weight is 396 g/mol. The van der Waals surface area contributed by atoms with Crippen molar-refractivity contribution in [1.29, 1.82) is 0 Å². The summed E-state index contributed by atoms with van der Waals surface area (Å²) in [5, 5.41) is 17.3. The van der Waals surface area contributed by atoms with Gasteiger partial charge in [0, 0.05) is 37.1 Å². The van der Waals surface area contributed by atoms with Crippen LogP contribution in [0.15, 0.2) is 30.6 Å². The Morgan fingerprint density at radius 2 is 1.97 bits per heavy atom. The summed E-state index contributed by atoms with van der Waals surface area (Å²) in [5.41, 5.74) is 4.89. The van der Waals surface area contributed by atoms with E-state index < -0.39 is 5.82 Å². The van der Waals surface area contributed by atoms with Crippen LogP contribution in [0.4, 0.5) is 16.0 Å². The summed E-state index contributed by atoms with van der Waals surface area (Å²) >= 11 is 0. The first-order valence-corrected chi connectivity index (χ1v) is 9.71. The number of likely N-dealkylation sites (tertiary alicyclic amines) is 1. The normalized spacial score (nSPS) is 17.1. The van der Waals surface area contributed by atoms with E-state index in [0.29, 0.717) is 19.0 Å². The van der Waals surface area contributed by atoms with Gasteiger partial charge in [-0.1, -0.05) is 6.07 Å². The minimum absolute atomic E-state index is 0.0997. The number of aliphatic hydroxyl groups excluding tert-OH is 1. The summed E-state index contributed by atoms with van der Waals surface area (Å²) in [6.07, 6.45) is 3.46. The molecule has 29 heavy (non-hydrogen) atoms. The van der Waals surface area contributed by atoms with Gasteiger partial charge in [-0.2, -0.15) is 10.1 Å². The molecule has 4 rings (SSSR count). The van der Waals surface area contributed by atoms with Crippen LogP contribution in [0.2, 0.25) is 0 Å². The Balaban J connectivity index is 1.58. The van der Waals surface area contributed by atoms with Crippen molar-refractivity contribution in [2.24, 2.45) is 0 Å². The molecule has 1 aromatic carbocycles. The van der Waals surface area contributed by atoms with Crippen LogP contribution in [-0.4, -0.2) is 48.9 Å². The molecule has 0 bridgehead atoms. The molecule has 0 saturated carbocycles. The number of benzene rings is 1. The van der Waals surface area contributed by atoms with E-state index in [-0.39, 0.29) is 11.9 Å². The number of anilines is 2. The van der Waals surface area contributed by atoms with E-state index in [4.69, 9.17) is 0 Å². The Labute approximate surface area is 169 Å². The molecule has 1 aliphatic heterocycles. The van der Waals surface area contributed by atoms with Gasteiger partial charge in [-0.15, -0.1) is 0 Å². The second kappa shape index (κ2) is 7.88. The van der Waals surface area contributed by atoms with Crippen molar-refractivity contribution >= 4 is 11.6 Å². The highest BCUT2D eigenvalue weighted by atomic mass is 19.1. The SMILES string of the molecule is Cc1cc(C)cc(Nc2ncc(F)c(-n3cc(CN4CC[C@H](O)C4)c(C)n3)n2)c1. The molecule has 1 aliphatic rings. The summed E-state index contributed by atoms with van der Waals surface area (Å²) in [5.74, 6) is -0.131. The van der Waals surface area contributed by atoms with Crippen molar-refractivity contribution in [1.82, 2.24) is 24.6 Å². The van der Waals surface area contributed by atoms with Crippen molar-refractivity contribution in [3.05, 3.63) is 58.8 Å².